The van der Waals surface area contributed by atoms with Crippen LogP contribution in [0.5, 0.6) is 0 Å². The van der Waals surface area contributed by atoms with E-state index in [0.717, 1.165) is 25.2 Å². The van der Waals surface area contributed by atoms with E-state index in [-0.39, 0.29) is 12.1 Å². The topological polar surface area (TPSA) is 29.5 Å². The second-order valence-electron chi connectivity index (χ2n) is 8.00. The Morgan fingerprint density at radius 1 is 1.38 bits per heavy atom. The van der Waals surface area contributed by atoms with Gasteiger partial charge in [0, 0.05) is 6.04 Å². The van der Waals surface area contributed by atoms with Crippen LogP contribution in [-0.2, 0) is 4.74 Å². The van der Waals surface area contributed by atoms with Gasteiger partial charge in [0.1, 0.15) is 5.60 Å². The van der Waals surface area contributed by atoms with Gasteiger partial charge in [0.15, 0.2) is 0 Å². The van der Waals surface area contributed by atoms with E-state index in [9.17, 15) is 4.79 Å². The van der Waals surface area contributed by atoms with Gasteiger partial charge in [0.2, 0.25) is 0 Å². The number of carbonyl (C=O) groups is 1. The molecule has 0 aromatic heterocycles. The molecule has 0 aromatic carbocycles. The number of hydrogen-bond donors (Lipinski definition) is 0. The average Bonchev–Trinajstić information content (AvgIpc) is 2.59. The molecule has 2 rings (SSSR count). The lowest BCUT2D eigenvalue weighted by Gasteiger charge is -2.35. The first-order valence-electron chi connectivity index (χ1n) is 8.47. The summed E-state index contributed by atoms with van der Waals surface area (Å²) in [5.41, 5.74) is 1.15. The highest BCUT2D eigenvalue weighted by molar-refractivity contribution is 5.70. The van der Waals surface area contributed by atoms with Crippen LogP contribution in [0.1, 0.15) is 73.1 Å². The van der Waals surface area contributed by atoms with Crippen molar-refractivity contribution in [1.82, 2.24) is 4.90 Å². The Labute approximate surface area is 129 Å². The molecular formula is C18H31NO2. The number of rotatable bonds is 4. The van der Waals surface area contributed by atoms with E-state index in [4.69, 9.17) is 4.74 Å². The molecule has 0 N–H and O–H groups in total. The van der Waals surface area contributed by atoms with Gasteiger partial charge in [-0.2, -0.15) is 0 Å². The molecule has 3 heteroatoms. The highest BCUT2D eigenvalue weighted by Gasteiger charge is 2.41. The molecule has 120 valence electrons. The number of fused-ring (bicyclic) bond motifs is 2. The normalized spacial score (nSPS) is 25.2. The van der Waals surface area contributed by atoms with Gasteiger partial charge in [-0.15, -0.1) is 0 Å². The number of nitrogens with zero attached hydrogens (tertiary/aromatic N) is 1. The van der Waals surface area contributed by atoms with Crippen molar-refractivity contribution in [3.8, 4) is 0 Å². The van der Waals surface area contributed by atoms with E-state index in [0.29, 0.717) is 6.04 Å². The predicted octanol–water partition coefficient (Wildman–Crippen LogP) is 4.91. The largest absolute Gasteiger partial charge is 0.444 e. The van der Waals surface area contributed by atoms with Gasteiger partial charge >= 0.3 is 6.09 Å². The van der Waals surface area contributed by atoms with Crippen LogP contribution in [0.4, 0.5) is 4.79 Å². The fourth-order valence-electron chi connectivity index (χ4n) is 3.44. The predicted molar refractivity (Wildman–Crippen MR) is 86.3 cm³/mol. The van der Waals surface area contributed by atoms with Crippen molar-refractivity contribution in [1.29, 1.82) is 0 Å². The van der Waals surface area contributed by atoms with Gasteiger partial charge in [-0.1, -0.05) is 31.9 Å². The van der Waals surface area contributed by atoms with E-state index in [1.807, 2.05) is 25.7 Å². The first-order valence-corrected chi connectivity index (χ1v) is 8.47. The molecule has 1 amide bonds. The van der Waals surface area contributed by atoms with Gasteiger partial charge in [0.05, 0.1) is 6.04 Å². The van der Waals surface area contributed by atoms with E-state index in [1.54, 1.807) is 5.57 Å². The molecule has 3 nitrogen and oxygen atoms in total. The number of hydrogen-bond acceptors (Lipinski definition) is 2. The molecule has 21 heavy (non-hydrogen) atoms. The molecule has 0 aliphatic carbocycles. The molecule has 0 saturated carbocycles. The minimum absolute atomic E-state index is 0.132. The SMILES string of the molecule is CC(C)CCCC1=CC2CCC(C1)N2C(=O)OC(C)(C)C. The van der Waals surface area contributed by atoms with Crippen molar-refractivity contribution >= 4 is 6.09 Å². The minimum Gasteiger partial charge on any atom is -0.444 e. The van der Waals surface area contributed by atoms with Crippen molar-refractivity contribution in [2.24, 2.45) is 5.92 Å². The molecule has 2 heterocycles. The third-order valence-electron chi connectivity index (χ3n) is 4.36. The standard InChI is InChI=1S/C18H31NO2/c1-13(2)7-6-8-14-11-15-9-10-16(12-14)19(15)17(20)21-18(3,4)5/h11,13,15-16H,6-10,12H2,1-5H3. The molecule has 0 spiro atoms. The zero-order valence-electron chi connectivity index (χ0n) is 14.3. The summed E-state index contributed by atoms with van der Waals surface area (Å²) in [4.78, 5) is 14.3. The highest BCUT2D eigenvalue weighted by Crippen LogP contribution is 2.37. The molecular weight excluding hydrogens is 262 g/mol. The second kappa shape index (κ2) is 6.41. The van der Waals surface area contributed by atoms with Crippen molar-refractivity contribution in [3.63, 3.8) is 0 Å². The van der Waals surface area contributed by atoms with Crippen molar-refractivity contribution in [2.75, 3.05) is 0 Å². The Hall–Kier alpha value is -0.990. The molecule has 2 bridgehead atoms. The Morgan fingerprint density at radius 3 is 2.67 bits per heavy atom. The molecule has 0 radical (unpaired) electrons. The van der Waals surface area contributed by atoms with Crippen LogP contribution in [0, 0.1) is 5.92 Å². The van der Waals surface area contributed by atoms with Crippen LogP contribution in [0.15, 0.2) is 11.6 Å². The number of carbonyl (C=O) groups excluding carboxylic acids is 1. The first-order chi connectivity index (χ1) is 9.76. The van der Waals surface area contributed by atoms with Crippen LogP contribution in [0.2, 0.25) is 0 Å². The summed E-state index contributed by atoms with van der Waals surface area (Å²) >= 11 is 0. The summed E-state index contributed by atoms with van der Waals surface area (Å²) in [6, 6.07) is 0.636. The van der Waals surface area contributed by atoms with Crippen molar-refractivity contribution in [3.05, 3.63) is 11.6 Å². The van der Waals surface area contributed by atoms with Gasteiger partial charge in [-0.05, 0) is 58.8 Å². The third-order valence-corrected chi connectivity index (χ3v) is 4.36. The Balaban J connectivity index is 1.94. The van der Waals surface area contributed by atoms with Gasteiger partial charge in [0.25, 0.3) is 0 Å². The quantitative estimate of drug-likeness (QED) is 0.689. The molecule has 2 unspecified atom stereocenters. The lowest BCUT2D eigenvalue weighted by molar-refractivity contribution is 0.0166. The van der Waals surface area contributed by atoms with Gasteiger partial charge in [-0.3, -0.25) is 4.90 Å². The third kappa shape index (κ3) is 4.49. The smallest absolute Gasteiger partial charge is 0.411 e. The van der Waals surface area contributed by atoms with E-state index < -0.39 is 5.60 Å². The summed E-state index contributed by atoms with van der Waals surface area (Å²) in [7, 11) is 0. The van der Waals surface area contributed by atoms with Crippen LogP contribution in [-0.4, -0.2) is 28.7 Å². The van der Waals surface area contributed by atoms with Gasteiger partial charge < -0.3 is 4.74 Å². The van der Waals surface area contributed by atoms with E-state index in [2.05, 4.69) is 19.9 Å². The van der Waals surface area contributed by atoms with E-state index in [1.165, 1.54) is 19.3 Å². The fraction of sp³-hybridized carbons (Fsp3) is 0.833. The maximum atomic E-state index is 12.4. The lowest BCUT2D eigenvalue weighted by atomic mass is 9.95. The van der Waals surface area contributed by atoms with Crippen molar-refractivity contribution < 1.29 is 9.53 Å². The summed E-state index contributed by atoms with van der Waals surface area (Å²) in [6.45, 7) is 10.4. The van der Waals surface area contributed by atoms with Crippen LogP contribution in [0.25, 0.3) is 0 Å². The number of amides is 1. The Morgan fingerprint density at radius 2 is 2.10 bits per heavy atom. The molecule has 0 aromatic rings. The monoisotopic (exact) mass is 293 g/mol. The molecule has 2 aliphatic rings. The number of ether oxygens (including phenoxy) is 1. The average molecular weight is 293 g/mol. The van der Waals surface area contributed by atoms with Crippen LogP contribution < -0.4 is 0 Å². The summed E-state index contributed by atoms with van der Waals surface area (Å²) in [5, 5.41) is 0. The summed E-state index contributed by atoms with van der Waals surface area (Å²) < 4.78 is 5.56. The Bertz CT molecular complexity index is 406. The minimum atomic E-state index is -0.405. The molecule has 1 fully saturated rings. The molecule has 1 saturated heterocycles. The first kappa shape index (κ1) is 16.4. The summed E-state index contributed by atoms with van der Waals surface area (Å²) in [6.07, 6.45) is 9.24. The maximum absolute atomic E-state index is 12.4. The maximum Gasteiger partial charge on any atom is 0.411 e. The lowest BCUT2D eigenvalue weighted by Crippen LogP contribution is -2.45. The second-order valence-corrected chi connectivity index (χ2v) is 8.00. The zero-order valence-corrected chi connectivity index (χ0v) is 14.3. The van der Waals surface area contributed by atoms with Crippen LogP contribution >= 0.6 is 0 Å². The van der Waals surface area contributed by atoms with E-state index >= 15 is 0 Å². The molecule has 2 aliphatic heterocycles. The molecule has 2 atom stereocenters. The van der Waals surface area contributed by atoms with Crippen LogP contribution in [0.3, 0.4) is 0 Å². The van der Waals surface area contributed by atoms with Crippen molar-refractivity contribution in [2.45, 2.75) is 90.8 Å². The summed E-state index contributed by atoms with van der Waals surface area (Å²) in [5.74, 6) is 0.782. The van der Waals surface area contributed by atoms with Gasteiger partial charge in [-0.25, -0.2) is 4.79 Å². The Kier molecular flexibility index (Phi) is 5.00. The highest BCUT2D eigenvalue weighted by atomic mass is 16.6. The zero-order chi connectivity index (χ0) is 15.6. The fourth-order valence-corrected chi connectivity index (χ4v) is 3.44.